The van der Waals surface area contributed by atoms with Crippen LogP contribution in [0.2, 0.25) is 0 Å². The molecule has 1 N–H and O–H groups in total. The normalized spacial score (nSPS) is 22.2. The summed E-state index contributed by atoms with van der Waals surface area (Å²) in [6, 6.07) is -0.321. The first-order chi connectivity index (χ1) is 8.59. The number of nitrogens with zero attached hydrogens (tertiary/aromatic N) is 2. The molecule has 8 heteroatoms. The third kappa shape index (κ3) is 2.54. The van der Waals surface area contributed by atoms with Gasteiger partial charge in [-0.15, -0.1) is 11.6 Å². The van der Waals surface area contributed by atoms with Crippen molar-refractivity contribution < 1.29 is 13.2 Å². The molecule has 0 spiro atoms. The maximum Gasteiger partial charge on any atom is 0.260 e. The van der Waals surface area contributed by atoms with E-state index in [0.717, 1.165) is 0 Å². The molecule has 1 saturated heterocycles. The van der Waals surface area contributed by atoms with Crippen molar-refractivity contribution in [2.75, 3.05) is 25.6 Å². The van der Waals surface area contributed by atoms with E-state index in [2.05, 4.69) is 9.97 Å². The third-order valence-electron chi connectivity index (χ3n) is 2.88. The van der Waals surface area contributed by atoms with Crippen molar-refractivity contribution in [3.8, 4) is 0 Å². The quantitative estimate of drug-likeness (QED) is 0.825. The molecular formula is C10H16ClN3O3S. The van der Waals surface area contributed by atoms with Crippen LogP contribution in [0.25, 0.3) is 0 Å². The molecule has 102 valence electrons. The van der Waals surface area contributed by atoms with Crippen LogP contribution in [0.15, 0.2) is 11.2 Å². The van der Waals surface area contributed by atoms with Gasteiger partial charge in [0, 0.05) is 18.8 Å². The van der Waals surface area contributed by atoms with Crippen LogP contribution in [0.5, 0.6) is 0 Å². The summed E-state index contributed by atoms with van der Waals surface area (Å²) in [7, 11) is -3.56. The number of H-pyrrole nitrogens is 1. The van der Waals surface area contributed by atoms with Gasteiger partial charge >= 0.3 is 0 Å². The fourth-order valence-corrected chi connectivity index (χ4v) is 3.72. The smallest absolute Gasteiger partial charge is 0.260 e. The van der Waals surface area contributed by atoms with E-state index < -0.39 is 10.0 Å². The minimum atomic E-state index is -3.56. The number of hydrogen-bond acceptors (Lipinski definition) is 4. The standard InChI is InChI=1S/C10H16ClN3O3S/c1-2-9-12-6-10(13-9)18(15,16)14-3-4-17-7-8(14)5-11/h6,8H,2-5,7H2,1H3,(H,12,13). The number of imidazole rings is 1. The topological polar surface area (TPSA) is 75.3 Å². The van der Waals surface area contributed by atoms with Gasteiger partial charge in [-0.1, -0.05) is 6.92 Å². The van der Waals surface area contributed by atoms with Gasteiger partial charge in [-0.25, -0.2) is 13.4 Å². The molecule has 1 unspecified atom stereocenters. The molecule has 1 aliphatic heterocycles. The van der Waals surface area contributed by atoms with Gasteiger partial charge < -0.3 is 9.72 Å². The van der Waals surface area contributed by atoms with Gasteiger partial charge in [0.1, 0.15) is 5.82 Å². The predicted octanol–water partition coefficient (Wildman–Crippen LogP) is 0.600. The Labute approximate surface area is 111 Å². The summed E-state index contributed by atoms with van der Waals surface area (Å²) in [5.74, 6) is 0.873. The zero-order valence-electron chi connectivity index (χ0n) is 10.1. The molecule has 0 aromatic carbocycles. The summed E-state index contributed by atoms with van der Waals surface area (Å²) in [6.45, 7) is 2.95. The Kier molecular flexibility index (Phi) is 4.26. The molecule has 1 fully saturated rings. The fourth-order valence-electron chi connectivity index (χ4n) is 1.86. The minimum absolute atomic E-state index is 0.122. The van der Waals surface area contributed by atoms with Crippen LogP contribution in [0, 0.1) is 0 Å². The minimum Gasteiger partial charge on any atom is -0.378 e. The number of ether oxygens (including phenoxy) is 1. The number of aromatic nitrogens is 2. The van der Waals surface area contributed by atoms with Crippen LogP contribution in [0.1, 0.15) is 12.7 Å². The lowest BCUT2D eigenvalue weighted by atomic mass is 10.3. The second-order valence-corrected chi connectivity index (χ2v) is 6.21. The lowest BCUT2D eigenvalue weighted by Gasteiger charge is -2.32. The van der Waals surface area contributed by atoms with Crippen molar-refractivity contribution in [3.63, 3.8) is 0 Å². The largest absolute Gasteiger partial charge is 0.378 e. The number of alkyl halides is 1. The highest BCUT2D eigenvalue weighted by Crippen LogP contribution is 2.20. The van der Waals surface area contributed by atoms with Crippen molar-refractivity contribution in [1.82, 2.24) is 14.3 Å². The van der Waals surface area contributed by atoms with Crippen LogP contribution in [-0.2, 0) is 21.2 Å². The molecule has 1 aromatic heterocycles. The van der Waals surface area contributed by atoms with E-state index in [0.29, 0.717) is 32.0 Å². The van der Waals surface area contributed by atoms with E-state index in [9.17, 15) is 8.42 Å². The van der Waals surface area contributed by atoms with Gasteiger partial charge in [-0.05, 0) is 0 Å². The van der Waals surface area contributed by atoms with Crippen molar-refractivity contribution in [1.29, 1.82) is 0 Å². The maximum absolute atomic E-state index is 12.4. The van der Waals surface area contributed by atoms with Crippen LogP contribution in [0.3, 0.4) is 0 Å². The Bertz CT molecular complexity index is 502. The average Bonchev–Trinajstić information content (AvgIpc) is 2.88. The molecule has 6 nitrogen and oxygen atoms in total. The maximum atomic E-state index is 12.4. The van der Waals surface area contributed by atoms with Crippen molar-refractivity contribution in [2.24, 2.45) is 0 Å². The van der Waals surface area contributed by atoms with Gasteiger partial charge in [0.05, 0.1) is 25.5 Å². The zero-order valence-corrected chi connectivity index (χ0v) is 11.7. The summed E-state index contributed by atoms with van der Waals surface area (Å²) >= 11 is 5.79. The highest BCUT2D eigenvalue weighted by atomic mass is 35.5. The monoisotopic (exact) mass is 293 g/mol. The summed E-state index contributed by atoms with van der Waals surface area (Å²) in [5, 5.41) is 0.122. The molecule has 18 heavy (non-hydrogen) atoms. The SMILES string of the molecule is CCc1ncc(S(=O)(=O)N2CCOCC2CCl)[nH]1. The van der Waals surface area contributed by atoms with Gasteiger partial charge in [-0.2, -0.15) is 4.31 Å². The number of sulfonamides is 1. The first-order valence-electron chi connectivity index (χ1n) is 5.79. The highest BCUT2D eigenvalue weighted by Gasteiger charge is 2.34. The van der Waals surface area contributed by atoms with Gasteiger partial charge in [0.2, 0.25) is 0 Å². The number of rotatable bonds is 4. The second kappa shape index (κ2) is 5.56. The lowest BCUT2D eigenvalue weighted by molar-refractivity contribution is 0.0403. The van der Waals surface area contributed by atoms with Gasteiger partial charge in [-0.3, -0.25) is 0 Å². The molecule has 1 aromatic rings. The molecule has 0 amide bonds. The zero-order chi connectivity index (χ0) is 13.2. The highest BCUT2D eigenvalue weighted by molar-refractivity contribution is 7.89. The molecule has 0 aliphatic carbocycles. The summed E-state index contributed by atoms with van der Waals surface area (Å²) in [6.07, 6.45) is 2.02. The van der Waals surface area contributed by atoms with E-state index in [4.69, 9.17) is 16.3 Å². The van der Waals surface area contributed by atoms with Crippen molar-refractivity contribution in [3.05, 3.63) is 12.0 Å². The Morgan fingerprint density at radius 1 is 1.67 bits per heavy atom. The molecule has 2 heterocycles. The lowest BCUT2D eigenvalue weighted by Crippen LogP contribution is -2.49. The van der Waals surface area contributed by atoms with E-state index >= 15 is 0 Å². The van der Waals surface area contributed by atoms with Crippen LogP contribution in [-0.4, -0.2) is 54.4 Å². The summed E-state index contributed by atoms with van der Waals surface area (Å²) in [4.78, 5) is 6.84. The first-order valence-corrected chi connectivity index (χ1v) is 7.76. The van der Waals surface area contributed by atoms with E-state index in [1.807, 2.05) is 6.92 Å². The van der Waals surface area contributed by atoms with E-state index in [-0.39, 0.29) is 16.9 Å². The number of aromatic amines is 1. The number of hydrogen-bond donors (Lipinski definition) is 1. The fraction of sp³-hybridized carbons (Fsp3) is 0.700. The molecule has 0 saturated carbocycles. The summed E-state index contributed by atoms with van der Waals surface area (Å²) < 4.78 is 31.5. The molecule has 0 radical (unpaired) electrons. The molecule has 0 bridgehead atoms. The van der Waals surface area contributed by atoms with E-state index in [1.54, 1.807) is 0 Å². The molecule has 1 aliphatic rings. The second-order valence-electron chi connectivity index (χ2n) is 4.05. The van der Waals surface area contributed by atoms with Crippen LogP contribution < -0.4 is 0 Å². The Hall–Kier alpha value is -0.630. The molecular weight excluding hydrogens is 278 g/mol. The Morgan fingerprint density at radius 2 is 2.44 bits per heavy atom. The number of nitrogens with one attached hydrogen (secondary N) is 1. The van der Waals surface area contributed by atoms with E-state index in [1.165, 1.54) is 10.5 Å². The first kappa shape index (κ1) is 13.8. The van der Waals surface area contributed by atoms with Crippen LogP contribution in [0.4, 0.5) is 0 Å². The Morgan fingerprint density at radius 3 is 3.06 bits per heavy atom. The van der Waals surface area contributed by atoms with Crippen molar-refractivity contribution in [2.45, 2.75) is 24.4 Å². The third-order valence-corrected chi connectivity index (χ3v) is 5.10. The van der Waals surface area contributed by atoms with Crippen LogP contribution >= 0.6 is 11.6 Å². The summed E-state index contributed by atoms with van der Waals surface area (Å²) in [5.41, 5.74) is 0. The van der Waals surface area contributed by atoms with Gasteiger partial charge in [0.25, 0.3) is 10.0 Å². The average molecular weight is 294 g/mol. The number of morpholine rings is 1. The molecule has 2 rings (SSSR count). The number of aryl methyl sites for hydroxylation is 1. The van der Waals surface area contributed by atoms with Crippen molar-refractivity contribution >= 4 is 21.6 Å². The van der Waals surface area contributed by atoms with Gasteiger partial charge in [0.15, 0.2) is 5.03 Å². The number of halogens is 1. The Balaban J connectivity index is 2.28. The predicted molar refractivity (Wildman–Crippen MR) is 67.2 cm³/mol. The molecule has 1 atom stereocenters.